The van der Waals surface area contributed by atoms with Crippen molar-refractivity contribution in [3.8, 4) is 5.88 Å². The van der Waals surface area contributed by atoms with Crippen LogP contribution < -0.4 is 15.2 Å². The first-order valence-electron chi connectivity index (χ1n) is 10.1. The van der Waals surface area contributed by atoms with Crippen molar-refractivity contribution in [3.05, 3.63) is 34.0 Å². The minimum absolute atomic E-state index is 0.0283. The van der Waals surface area contributed by atoms with Crippen LogP contribution in [0.5, 0.6) is 5.88 Å². The molecule has 29 heavy (non-hydrogen) atoms. The molecule has 3 aliphatic rings. The largest absolute Gasteiger partial charge is 0.475 e. The molecule has 9 heteroatoms. The fourth-order valence-electron chi connectivity index (χ4n) is 4.94. The SMILES string of the molecule is Cc1c2c(c(NC(=O)N=S(N)(=O)c3cnn4c3OC[C@@H]4C)c3c1CCC3)CCC2. The van der Waals surface area contributed by atoms with Gasteiger partial charge in [-0.1, -0.05) is 0 Å². The number of carbonyl (C=O) groups excluding carboxylic acids is 1. The van der Waals surface area contributed by atoms with Gasteiger partial charge in [0, 0.05) is 5.69 Å². The van der Waals surface area contributed by atoms with Gasteiger partial charge in [-0.3, -0.25) is 0 Å². The Bertz CT molecular complexity index is 1120. The molecule has 154 valence electrons. The summed E-state index contributed by atoms with van der Waals surface area (Å²) in [5.41, 5.74) is 7.36. The van der Waals surface area contributed by atoms with Gasteiger partial charge in [0.25, 0.3) is 0 Å². The van der Waals surface area contributed by atoms with Crippen LogP contribution in [0.4, 0.5) is 10.5 Å². The zero-order chi connectivity index (χ0) is 20.3. The average molecular weight is 416 g/mol. The highest BCUT2D eigenvalue weighted by Crippen LogP contribution is 2.41. The summed E-state index contributed by atoms with van der Waals surface area (Å²) >= 11 is 0. The summed E-state index contributed by atoms with van der Waals surface area (Å²) in [5.74, 6) is 0.332. The third kappa shape index (κ3) is 2.86. The van der Waals surface area contributed by atoms with Gasteiger partial charge < -0.3 is 10.1 Å². The molecule has 0 radical (unpaired) electrons. The molecule has 2 heterocycles. The molecular weight excluding hydrogens is 390 g/mol. The lowest BCUT2D eigenvalue weighted by atomic mass is 9.93. The highest BCUT2D eigenvalue weighted by atomic mass is 32.2. The number of ether oxygens (including phenoxy) is 1. The topological polar surface area (TPSA) is 112 Å². The van der Waals surface area contributed by atoms with Crippen LogP contribution in [0, 0.1) is 6.92 Å². The van der Waals surface area contributed by atoms with E-state index < -0.39 is 15.9 Å². The molecule has 0 bridgehead atoms. The predicted molar refractivity (Wildman–Crippen MR) is 110 cm³/mol. The number of urea groups is 1. The van der Waals surface area contributed by atoms with Crippen molar-refractivity contribution in [2.75, 3.05) is 11.9 Å². The van der Waals surface area contributed by atoms with Crippen LogP contribution in [0.3, 0.4) is 0 Å². The van der Waals surface area contributed by atoms with Crippen LogP contribution in [0.15, 0.2) is 15.5 Å². The third-order valence-electron chi connectivity index (χ3n) is 6.31. The highest BCUT2D eigenvalue weighted by molar-refractivity contribution is 7.91. The molecule has 0 spiro atoms. The lowest BCUT2D eigenvalue weighted by Gasteiger charge is -2.18. The molecule has 0 fully saturated rings. The number of carbonyl (C=O) groups is 1. The number of amides is 2. The zero-order valence-corrected chi connectivity index (χ0v) is 17.5. The average Bonchev–Trinajstić information content (AvgIpc) is 3.43. The van der Waals surface area contributed by atoms with Gasteiger partial charge in [-0.15, -0.1) is 4.36 Å². The van der Waals surface area contributed by atoms with Crippen molar-refractivity contribution in [3.63, 3.8) is 0 Å². The van der Waals surface area contributed by atoms with Gasteiger partial charge in [-0.05, 0) is 80.2 Å². The summed E-state index contributed by atoms with van der Waals surface area (Å²) in [5, 5.41) is 13.1. The molecule has 2 amide bonds. The third-order valence-corrected chi connectivity index (χ3v) is 7.65. The van der Waals surface area contributed by atoms with E-state index in [1.54, 1.807) is 4.68 Å². The number of nitrogens with one attached hydrogen (secondary N) is 1. The smallest absolute Gasteiger partial charge is 0.354 e. The van der Waals surface area contributed by atoms with Gasteiger partial charge in [-0.2, -0.15) is 5.10 Å². The first kappa shape index (κ1) is 18.6. The van der Waals surface area contributed by atoms with Crippen LogP contribution in [0.2, 0.25) is 0 Å². The van der Waals surface area contributed by atoms with Gasteiger partial charge in [0.1, 0.15) is 11.5 Å². The fraction of sp³-hybridized carbons (Fsp3) is 0.500. The van der Waals surface area contributed by atoms with Gasteiger partial charge >= 0.3 is 6.03 Å². The molecule has 1 aromatic heterocycles. The summed E-state index contributed by atoms with van der Waals surface area (Å²) in [6.45, 7) is 4.56. The summed E-state index contributed by atoms with van der Waals surface area (Å²) in [4.78, 5) is 12.9. The van der Waals surface area contributed by atoms with Crippen LogP contribution >= 0.6 is 0 Å². The monoisotopic (exact) mass is 415 g/mol. The Morgan fingerprint density at radius 2 is 1.86 bits per heavy atom. The molecule has 2 aliphatic carbocycles. The number of anilines is 1. The van der Waals surface area contributed by atoms with Crippen LogP contribution in [-0.2, 0) is 35.6 Å². The summed E-state index contributed by atoms with van der Waals surface area (Å²) in [6.07, 6.45) is 7.53. The number of hydrogen-bond donors (Lipinski definition) is 2. The maximum Gasteiger partial charge on any atom is 0.354 e. The highest BCUT2D eigenvalue weighted by Gasteiger charge is 2.30. The van der Waals surface area contributed by atoms with Gasteiger partial charge in [0.2, 0.25) is 5.88 Å². The molecule has 1 aliphatic heterocycles. The van der Waals surface area contributed by atoms with E-state index in [1.165, 1.54) is 34.0 Å². The molecule has 3 N–H and O–H groups in total. The Kier molecular flexibility index (Phi) is 4.22. The first-order valence-corrected chi connectivity index (χ1v) is 11.7. The van der Waals surface area contributed by atoms with E-state index in [1.807, 2.05) is 6.92 Å². The van der Waals surface area contributed by atoms with Gasteiger partial charge in [0.05, 0.1) is 12.2 Å². The van der Waals surface area contributed by atoms with Crippen molar-refractivity contribution < 1.29 is 13.7 Å². The second-order valence-corrected chi connectivity index (χ2v) is 9.89. The second kappa shape index (κ2) is 6.56. The summed E-state index contributed by atoms with van der Waals surface area (Å²) < 4.78 is 24.1. The number of benzene rings is 1. The Hall–Kier alpha value is -2.39. The van der Waals surface area contributed by atoms with E-state index in [0.717, 1.165) is 44.2 Å². The predicted octanol–water partition coefficient (Wildman–Crippen LogP) is 3.06. The normalized spacial score (nSPS) is 21.1. The quantitative estimate of drug-likeness (QED) is 0.785. The minimum atomic E-state index is -3.47. The maximum absolute atomic E-state index is 13.1. The number of aromatic nitrogens is 2. The van der Waals surface area contributed by atoms with E-state index >= 15 is 0 Å². The Labute approximate surface area is 170 Å². The van der Waals surface area contributed by atoms with Crippen molar-refractivity contribution in [2.24, 2.45) is 9.50 Å². The van der Waals surface area contributed by atoms with E-state index in [4.69, 9.17) is 9.88 Å². The molecule has 2 aromatic rings. The maximum atomic E-state index is 13.1. The molecule has 8 nitrogen and oxygen atoms in total. The van der Waals surface area contributed by atoms with Crippen LogP contribution in [0.1, 0.15) is 53.6 Å². The van der Waals surface area contributed by atoms with Crippen LogP contribution in [0.25, 0.3) is 0 Å². The number of hydrogen-bond acceptors (Lipinski definition) is 4. The number of nitrogens with zero attached hydrogens (tertiary/aromatic N) is 3. The molecule has 0 saturated heterocycles. The summed E-state index contributed by atoms with van der Waals surface area (Å²) in [7, 11) is -3.47. The van der Waals surface area contributed by atoms with Crippen molar-refractivity contribution >= 4 is 21.6 Å². The minimum Gasteiger partial charge on any atom is -0.475 e. The van der Waals surface area contributed by atoms with Gasteiger partial charge in [0.15, 0.2) is 9.92 Å². The lowest BCUT2D eigenvalue weighted by Crippen LogP contribution is -2.19. The number of fused-ring (bicyclic) bond motifs is 3. The molecule has 2 atom stereocenters. The fourth-order valence-corrected chi connectivity index (χ4v) is 5.93. The second-order valence-electron chi connectivity index (χ2n) is 8.13. The lowest BCUT2D eigenvalue weighted by molar-refractivity contribution is 0.260. The van der Waals surface area contributed by atoms with Crippen LogP contribution in [-0.4, -0.2) is 26.6 Å². The van der Waals surface area contributed by atoms with Gasteiger partial charge in [-0.25, -0.2) is 18.8 Å². The van der Waals surface area contributed by atoms with Crippen molar-refractivity contribution in [2.45, 2.75) is 63.3 Å². The Morgan fingerprint density at radius 1 is 1.24 bits per heavy atom. The first-order chi connectivity index (χ1) is 13.9. The molecular formula is C20H25N5O3S. The Morgan fingerprint density at radius 3 is 2.52 bits per heavy atom. The van der Waals surface area contributed by atoms with Crippen molar-refractivity contribution in [1.82, 2.24) is 9.78 Å². The Balaban J connectivity index is 1.51. The molecule has 5 rings (SSSR count). The van der Waals surface area contributed by atoms with E-state index in [9.17, 15) is 9.00 Å². The van der Waals surface area contributed by atoms with Crippen molar-refractivity contribution in [1.29, 1.82) is 0 Å². The van der Waals surface area contributed by atoms with E-state index in [-0.39, 0.29) is 10.9 Å². The molecule has 1 aromatic carbocycles. The summed E-state index contributed by atoms with van der Waals surface area (Å²) in [6, 6.07) is -0.656. The van der Waals surface area contributed by atoms with E-state index in [0.29, 0.717) is 12.5 Å². The number of rotatable bonds is 2. The molecule has 0 saturated carbocycles. The molecule has 1 unspecified atom stereocenters. The van der Waals surface area contributed by atoms with E-state index in [2.05, 4.69) is 21.7 Å². The standard InChI is InChI=1S/C20H25N5O3S/c1-11-10-28-19-17(9-22-25(11)19)29(21,27)24-20(26)23-18-15-7-3-5-13(15)12(2)14-6-4-8-16(14)18/h9,11H,3-8,10H2,1-2H3,(H3,21,23,24,26,27)/t11-,29?/m0/s1. The zero-order valence-electron chi connectivity index (χ0n) is 16.7. The number of nitrogens with two attached hydrogens (primary N) is 1.